The Hall–Kier alpha value is -1.04. The number of aliphatic hydroxyl groups is 2. The van der Waals surface area contributed by atoms with Crippen LogP contribution in [0.5, 0.6) is 0 Å². The molecule has 4 nitrogen and oxygen atoms in total. The molecule has 0 aromatic heterocycles. The summed E-state index contributed by atoms with van der Waals surface area (Å²) in [6.45, 7) is 2.53. The maximum atomic E-state index is 11.9. The number of aliphatic hydroxyl groups excluding tert-OH is 2. The second kappa shape index (κ2) is 6.41. The molecule has 2 N–H and O–H groups in total. The predicted molar refractivity (Wildman–Crippen MR) is 75.9 cm³/mol. The van der Waals surface area contributed by atoms with Gasteiger partial charge in [-0.3, -0.25) is 4.79 Å². The average molecular weight is 281 g/mol. The van der Waals surface area contributed by atoms with Gasteiger partial charge in [0.05, 0.1) is 18.0 Å². The molecule has 0 aliphatic carbocycles. The largest absolute Gasteiger partial charge is 0.388 e. The van der Waals surface area contributed by atoms with Crippen molar-refractivity contribution < 1.29 is 15.0 Å². The third-order valence-corrected chi connectivity index (χ3v) is 4.22. The molecule has 104 valence electrons. The molecular formula is C14H19NO3S. The van der Waals surface area contributed by atoms with E-state index >= 15 is 0 Å². The van der Waals surface area contributed by atoms with Crippen molar-refractivity contribution in [2.45, 2.75) is 24.9 Å². The summed E-state index contributed by atoms with van der Waals surface area (Å²) in [6, 6.07) is 8.25. The molecule has 0 spiro atoms. The zero-order valence-corrected chi connectivity index (χ0v) is 11.8. The van der Waals surface area contributed by atoms with Crippen LogP contribution in [-0.4, -0.2) is 52.1 Å². The first kappa shape index (κ1) is 14.4. The third-order valence-electron chi connectivity index (χ3n) is 3.23. The summed E-state index contributed by atoms with van der Waals surface area (Å²) < 4.78 is 0. The number of aryl methyl sites for hydroxylation is 1. The summed E-state index contributed by atoms with van der Waals surface area (Å²) in [4.78, 5) is 13.4. The highest BCUT2D eigenvalue weighted by Crippen LogP contribution is 2.16. The summed E-state index contributed by atoms with van der Waals surface area (Å²) in [7, 11) is 0. The molecule has 0 bridgehead atoms. The Morgan fingerprint density at radius 3 is 2.42 bits per heavy atom. The smallest absolute Gasteiger partial charge is 0.232 e. The Labute approximate surface area is 117 Å². The van der Waals surface area contributed by atoms with Crippen LogP contribution in [0.4, 0.5) is 0 Å². The fraction of sp³-hybridized carbons (Fsp3) is 0.500. The van der Waals surface area contributed by atoms with Gasteiger partial charge in [-0.25, -0.2) is 0 Å². The van der Waals surface area contributed by atoms with Crippen LogP contribution in [0, 0.1) is 6.92 Å². The molecule has 1 aliphatic rings. The zero-order chi connectivity index (χ0) is 13.8. The van der Waals surface area contributed by atoms with Gasteiger partial charge in [-0.1, -0.05) is 29.8 Å². The number of carbonyl (C=O) groups excluding carboxylic acids is 1. The quantitative estimate of drug-likeness (QED) is 0.857. The molecule has 1 saturated heterocycles. The minimum atomic E-state index is -0.800. The monoisotopic (exact) mass is 281 g/mol. The number of rotatable bonds is 4. The lowest BCUT2D eigenvalue weighted by atomic mass is 10.2. The molecule has 0 unspecified atom stereocenters. The molecule has 0 saturated carbocycles. The number of hydrogen-bond donors (Lipinski definition) is 2. The van der Waals surface area contributed by atoms with Crippen LogP contribution >= 0.6 is 11.8 Å². The van der Waals surface area contributed by atoms with Crippen LogP contribution in [-0.2, 0) is 10.5 Å². The summed E-state index contributed by atoms with van der Waals surface area (Å²) >= 11 is 1.56. The van der Waals surface area contributed by atoms with Crippen molar-refractivity contribution in [2.24, 2.45) is 0 Å². The van der Waals surface area contributed by atoms with Gasteiger partial charge in [0.2, 0.25) is 5.91 Å². The van der Waals surface area contributed by atoms with Crippen LogP contribution in [0.25, 0.3) is 0 Å². The molecule has 1 amide bonds. The number of benzene rings is 1. The van der Waals surface area contributed by atoms with E-state index in [1.165, 1.54) is 16.0 Å². The fourth-order valence-corrected chi connectivity index (χ4v) is 2.89. The first-order valence-electron chi connectivity index (χ1n) is 6.33. The Balaban J connectivity index is 1.74. The number of amides is 1. The zero-order valence-electron chi connectivity index (χ0n) is 11.0. The van der Waals surface area contributed by atoms with Crippen LogP contribution in [0.3, 0.4) is 0 Å². The minimum Gasteiger partial charge on any atom is -0.388 e. The van der Waals surface area contributed by atoms with E-state index in [-0.39, 0.29) is 19.0 Å². The van der Waals surface area contributed by atoms with Gasteiger partial charge in [-0.05, 0) is 12.5 Å². The molecule has 2 atom stereocenters. The molecule has 5 heteroatoms. The number of β-amino-alcohol motifs (C(OH)–C–C–N with tert-alkyl or cyclic N) is 2. The highest BCUT2D eigenvalue weighted by molar-refractivity contribution is 7.99. The standard InChI is InChI=1S/C14H19NO3S/c1-10-2-4-11(5-3-10)8-19-9-14(18)15-6-12(16)13(17)7-15/h2-5,12-13,16-17H,6-9H2,1H3/t12-,13+. The molecule has 19 heavy (non-hydrogen) atoms. The second-order valence-electron chi connectivity index (χ2n) is 4.91. The van der Waals surface area contributed by atoms with Crippen molar-refractivity contribution in [3.8, 4) is 0 Å². The van der Waals surface area contributed by atoms with Gasteiger partial charge in [0.25, 0.3) is 0 Å². The SMILES string of the molecule is Cc1ccc(CSCC(=O)N2C[C@@H](O)[C@@H](O)C2)cc1. The van der Waals surface area contributed by atoms with E-state index in [2.05, 4.69) is 24.3 Å². The van der Waals surface area contributed by atoms with E-state index in [9.17, 15) is 15.0 Å². The first-order valence-corrected chi connectivity index (χ1v) is 7.49. The maximum absolute atomic E-state index is 11.9. The van der Waals surface area contributed by atoms with Gasteiger partial charge >= 0.3 is 0 Å². The van der Waals surface area contributed by atoms with Gasteiger partial charge in [0, 0.05) is 18.8 Å². The second-order valence-corrected chi connectivity index (χ2v) is 5.90. The number of thioether (sulfide) groups is 1. The normalized spacial score (nSPS) is 22.8. The summed E-state index contributed by atoms with van der Waals surface area (Å²) in [5, 5.41) is 18.8. The van der Waals surface area contributed by atoms with E-state index < -0.39 is 12.2 Å². The molecule has 1 aromatic rings. The lowest BCUT2D eigenvalue weighted by molar-refractivity contribution is -0.127. The van der Waals surface area contributed by atoms with Crippen molar-refractivity contribution in [1.82, 2.24) is 4.90 Å². The lowest BCUT2D eigenvalue weighted by Gasteiger charge is -2.14. The van der Waals surface area contributed by atoms with Crippen molar-refractivity contribution >= 4 is 17.7 Å². The van der Waals surface area contributed by atoms with E-state index in [0.717, 1.165) is 5.75 Å². The van der Waals surface area contributed by atoms with Crippen LogP contribution in [0.15, 0.2) is 24.3 Å². The van der Waals surface area contributed by atoms with Gasteiger partial charge in [-0.15, -0.1) is 11.8 Å². The van der Waals surface area contributed by atoms with Crippen LogP contribution in [0.2, 0.25) is 0 Å². The molecular weight excluding hydrogens is 262 g/mol. The van der Waals surface area contributed by atoms with E-state index in [0.29, 0.717) is 5.75 Å². The summed E-state index contributed by atoms with van der Waals surface area (Å²) in [6.07, 6.45) is -1.60. The van der Waals surface area contributed by atoms with Crippen molar-refractivity contribution in [3.05, 3.63) is 35.4 Å². The van der Waals surface area contributed by atoms with Crippen LogP contribution < -0.4 is 0 Å². The lowest BCUT2D eigenvalue weighted by Crippen LogP contribution is -2.31. The third kappa shape index (κ3) is 3.96. The highest BCUT2D eigenvalue weighted by Gasteiger charge is 2.32. The van der Waals surface area contributed by atoms with Crippen molar-refractivity contribution in [3.63, 3.8) is 0 Å². The van der Waals surface area contributed by atoms with Gasteiger partial charge in [-0.2, -0.15) is 0 Å². The number of likely N-dealkylation sites (tertiary alicyclic amines) is 1. The molecule has 1 aliphatic heterocycles. The molecule has 1 aromatic carbocycles. The number of nitrogens with zero attached hydrogens (tertiary/aromatic N) is 1. The Kier molecular flexibility index (Phi) is 4.85. The fourth-order valence-electron chi connectivity index (χ4n) is 2.00. The number of carbonyl (C=O) groups is 1. The maximum Gasteiger partial charge on any atom is 0.232 e. The van der Waals surface area contributed by atoms with Crippen LogP contribution in [0.1, 0.15) is 11.1 Å². The van der Waals surface area contributed by atoms with Crippen molar-refractivity contribution in [2.75, 3.05) is 18.8 Å². The first-order chi connectivity index (χ1) is 9.06. The Morgan fingerprint density at radius 1 is 1.26 bits per heavy atom. The average Bonchev–Trinajstić information content (AvgIpc) is 2.72. The van der Waals surface area contributed by atoms with Gasteiger partial charge in [0.1, 0.15) is 0 Å². The predicted octanol–water partition coefficient (Wildman–Crippen LogP) is 0.792. The van der Waals surface area contributed by atoms with Crippen molar-refractivity contribution in [1.29, 1.82) is 0 Å². The van der Waals surface area contributed by atoms with E-state index in [4.69, 9.17) is 0 Å². The Bertz CT molecular complexity index is 425. The summed E-state index contributed by atoms with van der Waals surface area (Å²) in [5.74, 6) is 1.16. The van der Waals surface area contributed by atoms with E-state index in [1.807, 2.05) is 6.92 Å². The Morgan fingerprint density at radius 2 is 1.84 bits per heavy atom. The number of hydrogen-bond acceptors (Lipinski definition) is 4. The van der Waals surface area contributed by atoms with E-state index in [1.54, 1.807) is 11.8 Å². The van der Waals surface area contributed by atoms with Gasteiger partial charge in [0.15, 0.2) is 0 Å². The molecule has 2 rings (SSSR count). The topological polar surface area (TPSA) is 60.8 Å². The minimum absolute atomic E-state index is 0.0206. The molecule has 1 heterocycles. The highest BCUT2D eigenvalue weighted by atomic mass is 32.2. The molecule has 1 fully saturated rings. The summed E-state index contributed by atoms with van der Waals surface area (Å²) in [5.41, 5.74) is 2.43. The molecule has 0 radical (unpaired) electrons. The van der Waals surface area contributed by atoms with Gasteiger partial charge < -0.3 is 15.1 Å².